The van der Waals surface area contributed by atoms with Gasteiger partial charge < -0.3 is 4.74 Å². The van der Waals surface area contributed by atoms with Crippen LogP contribution in [0.4, 0.5) is 4.39 Å². The molecule has 0 aliphatic rings. The first-order valence-electron chi connectivity index (χ1n) is 5.83. The molecule has 0 bridgehead atoms. The van der Waals surface area contributed by atoms with Gasteiger partial charge in [0.1, 0.15) is 12.4 Å². The highest BCUT2D eigenvalue weighted by atomic mass is 19.1. The summed E-state index contributed by atoms with van der Waals surface area (Å²) in [6.07, 6.45) is 1.56. The summed E-state index contributed by atoms with van der Waals surface area (Å²) in [6, 6.07) is 9.24. The third kappa shape index (κ3) is 3.86. The number of ether oxygens (including phenoxy) is 1. The van der Waals surface area contributed by atoms with E-state index < -0.39 is 6.67 Å². The largest absolute Gasteiger partial charge is 0.370 e. The van der Waals surface area contributed by atoms with E-state index in [2.05, 4.69) is 16.3 Å². The highest BCUT2D eigenvalue weighted by Gasteiger charge is 2.01. The molecule has 98 valence electrons. The van der Waals surface area contributed by atoms with Gasteiger partial charge in [-0.15, -0.1) is 0 Å². The van der Waals surface area contributed by atoms with Crippen molar-refractivity contribution >= 4 is 0 Å². The number of alkyl halides is 1. The predicted octanol–water partition coefficient (Wildman–Crippen LogP) is 1.84. The van der Waals surface area contributed by atoms with E-state index >= 15 is 0 Å². The van der Waals surface area contributed by atoms with Gasteiger partial charge in [-0.3, -0.25) is 0 Å². The molecule has 1 heterocycles. The maximum absolute atomic E-state index is 12.1. The normalized spacial score (nSPS) is 10.3. The van der Waals surface area contributed by atoms with Crippen LogP contribution in [0.15, 0.2) is 30.5 Å². The fraction of sp³-hybridized carbons (Fsp3) is 0.308. The monoisotopic (exact) mass is 260 g/mol. The molecule has 0 radical (unpaired) electrons. The van der Waals surface area contributed by atoms with E-state index in [1.54, 1.807) is 18.3 Å². The third-order valence-corrected chi connectivity index (χ3v) is 2.47. The van der Waals surface area contributed by atoms with Crippen LogP contribution in [0.5, 0.6) is 0 Å². The molecule has 0 atom stereocenters. The first-order valence-corrected chi connectivity index (χ1v) is 5.83. The number of aryl methyl sites for hydroxylation is 1. The lowest BCUT2D eigenvalue weighted by Crippen LogP contribution is -2.04. The molecule has 19 heavy (non-hydrogen) atoms. The Hall–Kier alpha value is -2.26. The number of hydrogen-bond acceptors (Lipinski definition) is 4. The fourth-order valence-corrected chi connectivity index (χ4v) is 1.53. The molecule has 0 saturated heterocycles. The Balaban J connectivity index is 1.80. The van der Waals surface area contributed by atoms with Crippen molar-refractivity contribution in [3.63, 3.8) is 0 Å². The Kier molecular flexibility index (Phi) is 4.59. The van der Waals surface area contributed by atoms with Gasteiger partial charge >= 0.3 is 0 Å². The molecule has 0 aliphatic heterocycles. The Morgan fingerprint density at radius 2 is 2.05 bits per heavy atom. The average molecular weight is 260 g/mol. The lowest BCUT2D eigenvalue weighted by molar-refractivity contribution is 0.104. The second kappa shape index (κ2) is 6.61. The zero-order valence-electron chi connectivity index (χ0n) is 10.3. The number of hydrogen-bond donors (Lipinski definition) is 0. The van der Waals surface area contributed by atoms with Gasteiger partial charge in [0.25, 0.3) is 0 Å². The summed E-state index contributed by atoms with van der Waals surface area (Å²) in [5, 5.41) is 16.6. The van der Waals surface area contributed by atoms with Crippen molar-refractivity contribution in [1.82, 2.24) is 15.0 Å². The Bertz CT molecular complexity index is 559. The molecule has 2 aromatic rings. The standard InChI is InChI=1S/C13H13FN4O/c14-5-6-18-16-8-13(17-18)10-19-9-12-3-1-11(7-15)2-4-12/h1-4,8H,5-6,9-10H2. The van der Waals surface area contributed by atoms with Crippen molar-refractivity contribution in [2.45, 2.75) is 19.8 Å². The van der Waals surface area contributed by atoms with Gasteiger partial charge in [-0.25, -0.2) is 4.39 Å². The number of halogens is 1. The van der Waals surface area contributed by atoms with E-state index in [4.69, 9.17) is 10.00 Å². The minimum absolute atomic E-state index is 0.162. The number of benzene rings is 1. The molecule has 0 aliphatic carbocycles. The van der Waals surface area contributed by atoms with Crippen LogP contribution >= 0.6 is 0 Å². The number of rotatable bonds is 6. The van der Waals surface area contributed by atoms with Gasteiger partial charge in [0.2, 0.25) is 0 Å². The molecule has 1 aromatic heterocycles. The molecule has 0 spiro atoms. The van der Waals surface area contributed by atoms with Crippen LogP contribution in [0, 0.1) is 11.3 Å². The minimum Gasteiger partial charge on any atom is -0.370 e. The van der Waals surface area contributed by atoms with Crippen molar-refractivity contribution in [2.24, 2.45) is 0 Å². The second-order valence-electron chi connectivity index (χ2n) is 3.92. The summed E-state index contributed by atoms with van der Waals surface area (Å²) >= 11 is 0. The second-order valence-corrected chi connectivity index (χ2v) is 3.92. The van der Waals surface area contributed by atoms with E-state index in [0.29, 0.717) is 24.5 Å². The Morgan fingerprint density at radius 3 is 2.74 bits per heavy atom. The van der Waals surface area contributed by atoms with E-state index in [1.807, 2.05) is 12.1 Å². The zero-order chi connectivity index (χ0) is 13.5. The molecule has 0 fully saturated rings. The maximum atomic E-state index is 12.1. The molecule has 0 N–H and O–H groups in total. The van der Waals surface area contributed by atoms with E-state index in [-0.39, 0.29) is 6.54 Å². The predicted molar refractivity (Wildman–Crippen MR) is 65.6 cm³/mol. The highest BCUT2D eigenvalue weighted by molar-refractivity contribution is 5.31. The molecule has 6 heteroatoms. The van der Waals surface area contributed by atoms with Crippen molar-refractivity contribution in [3.05, 3.63) is 47.3 Å². The Morgan fingerprint density at radius 1 is 1.26 bits per heavy atom. The summed E-state index contributed by atoms with van der Waals surface area (Å²) in [6.45, 7) is 0.434. The molecular formula is C13H13FN4O. The van der Waals surface area contributed by atoms with Crippen molar-refractivity contribution in [2.75, 3.05) is 6.67 Å². The minimum atomic E-state index is -0.486. The summed E-state index contributed by atoms with van der Waals surface area (Å²) < 4.78 is 17.5. The van der Waals surface area contributed by atoms with Gasteiger partial charge in [-0.2, -0.15) is 20.3 Å². The smallest absolute Gasteiger partial charge is 0.111 e. The quantitative estimate of drug-likeness (QED) is 0.795. The Labute approximate surface area is 110 Å². The van der Waals surface area contributed by atoms with E-state index in [1.165, 1.54) is 4.80 Å². The lowest BCUT2D eigenvalue weighted by atomic mass is 10.2. The first kappa shape index (κ1) is 13.2. The zero-order valence-corrected chi connectivity index (χ0v) is 10.3. The van der Waals surface area contributed by atoms with Gasteiger partial charge in [0, 0.05) is 0 Å². The number of nitriles is 1. The van der Waals surface area contributed by atoms with Crippen LogP contribution in [0.25, 0.3) is 0 Å². The first-order chi connectivity index (χ1) is 9.31. The van der Waals surface area contributed by atoms with Crippen LogP contribution in [0.1, 0.15) is 16.8 Å². The van der Waals surface area contributed by atoms with Crippen molar-refractivity contribution in [3.8, 4) is 6.07 Å². The summed E-state index contributed by atoms with van der Waals surface area (Å²) in [7, 11) is 0. The number of nitrogens with zero attached hydrogens (tertiary/aromatic N) is 4. The molecule has 0 unspecified atom stereocenters. The summed E-state index contributed by atoms with van der Waals surface area (Å²) in [5.74, 6) is 0. The molecular weight excluding hydrogens is 247 g/mol. The molecule has 5 nitrogen and oxygen atoms in total. The summed E-state index contributed by atoms with van der Waals surface area (Å²) in [4.78, 5) is 1.31. The maximum Gasteiger partial charge on any atom is 0.111 e. The molecule has 1 aromatic carbocycles. The van der Waals surface area contributed by atoms with Crippen LogP contribution in [-0.4, -0.2) is 21.7 Å². The van der Waals surface area contributed by atoms with Crippen LogP contribution in [0.2, 0.25) is 0 Å². The number of aromatic nitrogens is 3. The molecule has 2 rings (SSSR count). The van der Waals surface area contributed by atoms with Crippen molar-refractivity contribution in [1.29, 1.82) is 5.26 Å². The molecule has 0 saturated carbocycles. The highest BCUT2D eigenvalue weighted by Crippen LogP contribution is 2.06. The van der Waals surface area contributed by atoms with Gasteiger partial charge in [-0.1, -0.05) is 12.1 Å². The third-order valence-electron chi connectivity index (χ3n) is 2.47. The van der Waals surface area contributed by atoms with Crippen LogP contribution in [0.3, 0.4) is 0 Å². The lowest BCUT2D eigenvalue weighted by Gasteiger charge is -2.02. The average Bonchev–Trinajstić information content (AvgIpc) is 2.88. The SMILES string of the molecule is N#Cc1ccc(COCc2cnn(CCF)n2)cc1. The van der Waals surface area contributed by atoms with E-state index in [0.717, 1.165) is 5.56 Å². The molecule has 0 amide bonds. The van der Waals surface area contributed by atoms with Crippen LogP contribution < -0.4 is 0 Å². The van der Waals surface area contributed by atoms with Crippen molar-refractivity contribution < 1.29 is 9.13 Å². The van der Waals surface area contributed by atoms with Gasteiger partial charge in [0.15, 0.2) is 0 Å². The van der Waals surface area contributed by atoms with E-state index in [9.17, 15) is 4.39 Å². The van der Waals surface area contributed by atoms with Gasteiger partial charge in [0.05, 0.1) is 37.6 Å². The summed E-state index contributed by atoms with van der Waals surface area (Å²) in [5.41, 5.74) is 2.27. The van der Waals surface area contributed by atoms with Gasteiger partial charge in [-0.05, 0) is 17.7 Å². The van der Waals surface area contributed by atoms with Crippen LogP contribution in [-0.2, 0) is 24.5 Å². The topological polar surface area (TPSA) is 63.7 Å². The fourth-order valence-electron chi connectivity index (χ4n) is 1.53.